The lowest BCUT2D eigenvalue weighted by Crippen LogP contribution is -2.57. The van der Waals surface area contributed by atoms with Crippen molar-refractivity contribution in [2.75, 3.05) is 13.2 Å². The maximum absolute atomic E-state index is 13.0. The summed E-state index contributed by atoms with van der Waals surface area (Å²) in [7, 11) is 0. The highest BCUT2D eigenvalue weighted by Gasteiger charge is 2.29. The number of aliphatic imine (C=N–C) groups is 1. The van der Waals surface area contributed by atoms with Crippen LogP contribution in [0.25, 0.3) is 0 Å². The monoisotopic (exact) mass is 495 g/mol. The first-order valence-corrected chi connectivity index (χ1v) is 10.8. The molecule has 0 spiro atoms. The number of carbonyl (C=O) groups excluding carboxylic acids is 3. The molecule has 14 nitrogen and oxygen atoms in total. The van der Waals surface area contributed by atoms with E-state index >= 15 is 0 Å². The van der Waals surface area contributed by atoms with Gasteiger partial charge in [0.15, 0.2) is 5.96 Å². The molecule has 0 fully saturated rings. The molecule has 0 bridgehead atoms. The third-order valence-corrected chi connectivity index (χ3v) is 4.85. The van der Waals surface area contributed by atoms with Crippen molar-refractivity contribution in [2.45, 2.75) is 50.4 Å². The number of nitrogens with one attached hydrogen (secondary N) is 3. The van der Waals surface area contributed by atoms with Gasteiger partial charge < -0.3 is 48.5 Å². The van der Waals surface area contributed by atoms with E-state index in [4.69, 9.17) is 27.4 Å². The van der Waals surface area contributed by atoms with E-state index in [1.807, 2.05) is 0 Å². The maximum Gasteiger partial charge on any atom is 0.325 e. The lowest BCUT2D eigenvalue weighted by atomic mass is 10.0. The quantitative estimate of drug-likeness (QED) is 0.0712. The smallest absolute Gasteiger partial charge is 0.325 e. The van der Waals surface area contributed by atoms with Crippen LogP contribution in [0.15, 0.2) is 29.3 Å². The number of hydrogen-bond donors (Lipinski definition) is 9. The fourth-order valence-corrected chi connectivity index (χ4v) is 2.86. The summed E-state index contributed by atoms with van der Waals surface area (Å²) in [6.45, 7) is 0.789. The van der Waals surface area contributed by atoms with Gasteiger partial charge in [-0.25, -0.2) is 0 Å². The van der Waals surface area contributed by atoms with Gasteiger partial charge in [0.05, 0.1) is 6.61 Å². The van der Waals surface area contributed by atoms with Crippen molar-refractivity contribution < 1.29 is 34.5 Å². The van der Waals surface area contributed by atoms with E-state index in [-0.39, 0.29) is 37.5 Å². The lowest BCUT2D eigenvalue weighted by Gasteiger charge is -2.24. The molecule has 0 aliphatic heterocycles. The molecular weight excluding hydrogens is 462 g/mol. The van der Waals surface area contributed by atoms with Crippen LogP contribution in [0.1, 0.15) is 25.3 Å². The van der Waals surface area contributed by atoms with Gasteiger partial charge in [-0.2, -0.15) is 0 Å². The SMILES string of the molecule is C[C@H](NC(=O)[C@H](Cc1ccc(O)cc1)NC(=O)[C@H](CCCN=C(N)N)NC(=O)[C@@H](N)CO)C(=O)O. The zero-order valence-corrected chi connectivity index (χ0v) is 19.3. The Labute approximate surface area is 201 Å². The number of hydrogen-bond acceptors (Lipinski definition) is 8. The normalized spacial score (nSPS) is 14.0. The van der Waals surface area contributed by atoms with Crippen molar-refractivity contribution in [1.82, 2.24) is 16.0 Å². The Bertz CT molecular complexity index is 904. The summed E-state index contributed by atoms with van der Waals surface area (Å²) in [4.78, 5) is 53.0. The van der Waals surface area contributed by atoms with Crippen LogP contribution in [0.2, 0.25) is 0 Å². The number of carboxylic acids is 1. The van der Waals surface area contributed by atoms with Crippen molar-refractivity contribution in [3.63, 3.8) is 0 Å². The lowest BCUT2D eigenvalue weighted by molar-refractivity contribution is -0.141. The number of carbonyl (C=O) groups is 4. The molecule has 14 heteroatoms. The Morgan fingerprint density at radius 2 is 1.54 bits per heavy atom. The van der Waals surface area contributed by atoms with Gasteiger partial charge in [0, 0.05) is 13.0 Å². The number of aliphatic hydroxyl groups excluding tert-OH is 1. The van der Waals surface area contributed by atoms with Crippen LogP contribution in [-0.4, -0.2) is 82.3 Å². The minimum Gasteiger partial charge on any atom is -0.508 e. The summed E-state index contributed by atoms with van der Waals surface area (Å²) in [5, 5.41) is 34.9. The summed E-state index contributed by atoms with van der Waals surface area (Å²) in [5.41, 5.74) is 16.7. The van der Waals surface area contributed by atoms with Gasteiger partial charge in [0.1, 0.15) is 29.9 Å². The number of benzene rings is 1. The highest BCUT2D eigenvalue weighted by molar-refractivity contribution is 5.94. The molecule has 0 aliphatic rings. The molecular formula is C21H33N7O7. The van der Waals surface area contributed by atoms with E-state index in [1.54, 1.807) is 0 Å². The Morgan fingerprint density at radius 3 is 2.09 bits per heavy atom. The average molecular weight is 496 g/mol. The summed E-state index contributed by atoms with van der Waals surface area (Å²) >= 11 is 0. The van der Waals surface area contributed by atoms with Crippen molar-refractivity contribution in [1.29, 1.82) is 0 Å². The largest absolute Gasteiger partial charge is 0.508 e. The molecule has 0 saturated carbocycles. The van der Waals surface area contributed by atoms with Crippen LogP contribution in [0.3, 0.4) is 0 Å². The molecule has 0 radical (unpaired) electrons. The van der Waals surface area contributed by atoms with E-state index < -0.39 is 54.5 Å². The van der Waals surface area contributed by atoms with Gasteiger partial charge in [0.2, 0.25) is 17.7 Å². The molecule has 1 aromatic rings. The molecule has 0 aliphatic carbocycles. The maximum atomic E-state index is 13.0. The summed E-state index contributed by atoms with van der Waals surface area (Å²) in [6, 6.07) is 1.02. The average Bonchev–Trinajstić information content (AvgIpc) is 2.80. The number of aliphatic carboxylic acids is 1. The number of nitrogens with zero attached hydrogens (tertiary/aromatic N) is 1. The van der Waals surface area contributed by atoms with Crippen LogP contribution in [0.4, 0.5) is 0 Å². The first-order chi connectivity index (χ1) is 16.4. The fraction of sp³-hybridized carbons (Fsp3) is 0.476. The zero-order valence-electron chi connectivity index (χ0n) is 19.3. The minimum absolute atomic E-state index is 0.00191. The summed E-state index contributed by atoms with van der Waals surface area (Å²) < 4.78 is 0. The van der Waals surface area contributed by atoms with Crippen LogP contribution >= 0.6 is 0 Å². The number of phenolic OH excluding ortho intramolecular Hbond substituents is 1. The molecule has 0 heterocycles. The Morgan fingerprint density at radius 1 is 0.971 bits per heavy atom. The number of nitrogens with two attached hydrogens (primary N) is 3. The van der Waals surface area contributed by atoms with Crippen molar-refractivity contribution >= 4 is 29.7 Å². The molecule has 3 amide bonds. The number of aliphatic hydroxyl groups is 1. The fourth-order valence-electron chi connectivity index (χ4n) is 2.86. The van der Waals surface area contributed by atoms with E-state index in [9.17, 15) is 24.3 Å². The molecule has 4 atom stereocenters. The number of guanidine groups is 1. The van der Waals surface area contributed by atoms with Gasteiger partial charge in [-0.05, 0) is 37.5 Å². The van der Waals surface area contributed by atoms with Crippen molar-refractivity contribution in [2.24, 2.45) is 22.2 Å². The van der Waals surface area contributed by atoms with Gasteiger partial charge in [0.25, 0.3) is 0 Å². The van der Waals surface area contributed by atoms with Gasteiger partial charge in [-0.3, -0.25) is 24.2 Å². The van der Waals surface area contributed by atoms with Gasteiger partial charge in [-0.1, -0.05) is 12.1 Å². The molecule has 1 aromatic carbocycles. The van der Waals surface area contributed by atoms with Crippen LogP contribution < -0.4 is 33.2 Å². The number of phenols is 1. The number of carboxylic acid groups (broad SMARTS) is 1. The molecule has 12 N–H and O–H groups in total. The molecule has 0 saturated heterocycles. The standard InChI is InChI=1S/C21H33N7O7/c1-11(20(34)35)26-19(33)16(9-12-4-6-13(30)7-5-12)28-18(32)15(3-2-8-25-21(23)24)27-17(31)14(22)10-29/h4-7,11,14-16,29-30H,2-3,8-10,22H2,1H3,(H,26,33)(H,27,31)(H,28,32)(H,34,35)(H4,23,24,25)/t11-,14-,15-,16-/m0/s1. The van der Waals surface area contributed by atoms with Gasteiger partial charge >= 0.3 is 5.97 Å². The van der Waals surface area contributed by atoms with Crippen molar-refractivity contribution in [3.8, 4) is 5.75 Å². The summed E-state index contributed by atoms with van der Waals surface area (Å²) in [6.07, 6.45) is 0.329. The highest BCUT2D eigenvalue weighted by atomic mass is 16.4. The zero-order chi connectivity index (χ0) is 26.5. The molecule has 0 unspecified atom stereocenters. The van der Waals surface area contributed by atoms with Gasteiger partial charge in [-0.15, -0.1) is 0 Å². The number of rotatable bonds is 14. The van der Waals surface area contributed by atoms with E-state index in [0.29, 0.717) is 5.56 Å². The predicted octanol–water partition coefficient (Wildman–Crippen LogP) is -3.13. The first-order valence-electron chi connectivity index (χ1n) is 10.8. The Balaban J connectivity index is 3.08. The Kier molecular flexibility index (Phi) is 12.0. The molecule has 1 rings (SSSR count). The first kappa shape index (κ1) is 29.1. The third-order valence-electron chi connectivity index (χ3n) is 4.85. The van der Waals surface area contributed by atoms with E-state index in [0.717, 1.165) is 0 Å². The highest BCUT2D eigenvalue weighted by Crippen LogP contribution is 2.12. The van der Waals surface area contributed by atoms with Crippen molar-refractivity contribution in [3.05, 3.63) is 29.8 Å². The molecule has 0 aromatic heterocycles. The molecule has 35 heavy (non-hydrogen) atoms. The van der Waals surface area contributed by atoms with E-state index in [1.165, 1.54) is 31.2 Å². The molecule has 194 valence electrons. The topological polar surface area (TPSA) is 255 Å². The predicted molar refractivity (Wildman–Crippen MR) is 126 cm³/mol. The summed E-state index contributed by atoms with van der Waals surface area (Å²) in [5.74, 6) is -3.70. The van der Waals surface area contributed by atoms with E-state index in [2.05, 4.69) is 20.9 Å². The number of amides is 3. The minimum atomic E-state index is -1.27. The Hall–Kier alpha value is -3.91. The second kappa shape index (κ2) is 14.4. The van der Waals surface area contributed by atoms with Crippen LogP contribution in [-0.2, 0) is 25.6 Å². The van der Waals surface area contributed by atoms with Crippen LogP contribution in [0, 0.1) is 0 Å². The van der Waals surface area contributed by atoms with Crippen LogP contribution in [0.5, 0.6) is 5.75 Å². The second-order valence-corrected chi connectivity index (χ2v) is 7.80. The second-order valence-electron chi connectivity index (χ2n) is 7.80. The number of aromatic hydroxyl groups is 1. The third kappa shape index (κ3) is 10.7.